The zero-order valence-electron chi connectivity index (χ0n) is 12.2. The Morgan fingerprint density at radius 1 is 1.26 bits per heavy atom. The van der Waals surface area contributed by atoms with Gasteiger partial charge in [0.1, 0.15) is 6.10 Å². The summed E-state index contributed by atoms with van der Waals surface area (Å²) >= 11 is 0. The number of rotatable bonds is 7. The second kappa shape index (κ2) is 7.49. The van der Waals surface area contributed by atoms with E-state index in [9.17, 15) is 0 Å². The largest absolute Gasteiger partial charge is 0.474 e. The maximum absolute atomic E-state index is 6.04. The monoisotopic (exact) mass is 262 g/mol. The van der Waals surface area contributed by atoms with E-state index in [0.717, 1.165) is 37.5 Å². The summed E-state index contributed by atoms with van der Waals surface area (Å²) in [6.45, 7) is 6.21. The van der Waals surface area contributed by atoms with Crippen LogP contribution >= 0.6 is 0 Å². The summed E-state index contributed by atoms with van der Waals surface area (Å²) in [7, 11) is 0. The van der Waals surface area contributed by atoms with Gasteiger partial charge in [0.15, 0.2) is 0 Å². The molecule has 0 aromatic carbocycles. The van der Waals surface area contributed by atoms with Gasteiger partial charge in [-0.25, -0.2) is 4.98 Å². The van der Waals surface area contributed by atoms with Crippen LogP contribution in [0.4, 0.5) is 0 Å². The summed E-state index contributed by atoms with van der Waals surface area (Å²) in [5.74, 6) is 0.825. The minimum atomic E-state index is 0.386. The van der Waals surface area contributed by atoms with Gasteiger partial charge < -0.3 is 10.1 Å². The molecule has 106 valence electrons. The smallest absolute Gasteiger partial charge is 0.214 e. The van der Waals surface area contributed by atoms with Crippen molar-refractivity contribution in [2.45, 2.75) is 65.0 Å². The first-order valence-corrected chi connectivity index (χ1v) is 7.69. The Bertz CT molecular complexity index is 386. The van der Waals surface area contributed by atoms with Crippen LogP contribution in [0.2, 0.25) is 0 Å². The van der Waals surface area contributed by atoms with Gasteiger partial charge in [0.25, 0.3) is 0 Å². The normalized spacial score (nSPS) is 15.9. The number of ether oxygens (including phenoxy) is 1. The van der Waals surface area contributed by atoms with Crippen molar-refractivity contribution in [3.05, 3.63) is 23.4 Å². The second-order valence-electron chi connectivity index (χ2n) is 5.36. The number of nitrogens with zero attached hydrogens (tertiary/aromatic N) is 1. The molecule has 1 aliphatic carbocycles. The molecule has 1 fully saturated rings. The van der Waals surface area contributed by atoms with Crippen LogP contribution in [-0.2, 0) is 13.0 Å². The third-order valence-corrected chi connectivity index (χ3v) is 3.59. The Labute approximate surface area is 116 Å². The lowest BCUT2D eigenvalue weighted by molar-refractivity contribution is 0.200. The van der Waals surface area contributed by atoms with Crippen LogP contribution in [0.1, 0.15) is 57.2 Å². The van der Waals surface area contributed by atoms with Gasteiger partial charge in [-0.05, 0) is 50.3 Å². The second-order valence-corrected chi connectivity index (χ2v) is 5.36. The quantitative estimate of drug-likeness (QED) is 0.817. The molecule has 1 aromatic rings. The predicted molar refractivity (Wildman–Crippen MR) is 78.5 cm³/mol. The van der Waals surface area contributed by atoms with Crippen molar-refractivity contribution in [3.8, 4) is 5.88 Å². The van der Waals surface area contributed by atoms with E-state index < -0.39 is 0 Å². The first-order chi connectivity index (χ1) is 9.31. The van der Waals surface area contributed by atoms with Gasteiger partial charge in [-0.1, -0.05) is 20.3 Å². The lowest BCUT2D eigenvalue weighted by Crippen LogP contribution is -2.15. The first-order valence-electron chi connectivity index (χ1n) is 7.69. The van der Waals surface area contributed by atoms with Crippen molar-refractivity contribution in [1.82, 2.24) is 10.3 Å². The average molecular weight is 262 g/mol. The predicted octanol–water partition coefficient (Wildman–Crippen LogP) is 3.47. The highest BCUT2D eigenvalue weighted by Crippen LogP contribution is 2.24. The van der Waals surface area contributed by atoms with Crippen LogP contribution in [-0.4, -0.2) is 17.6 Å². The molecule has 0 aliphatic heterocycles. The van der Waals surface area contributed by atoms with E-state index in [1.807, 2.05) is 0 Å². The lowest BCUT2D eigenvalue weighted by Gasteiger charge is -2.14. The zero-order valence-corrected chi connectivity index (χ0v) is 12.2. The summed E-state index contributed by atoms with van der Waals surface area (Å²) in [5, 5.41) is 3.37. The highest BCUT2D eigenvalue weighted by molar-refractivity contribution is 5.25. The van der Waals surface area contributed by atoms with Crippen LogP contribution in [0.25, 0.3) is 0 Å². The minimum absolute atomic E-state index is 0.386. The highest BCUT2D eigenvalue weighted by Gasteiger charge is 2.17. The van der Waals surface area contributed by atoms with Crippen molar-refractivity contribution in [2.75, 3.05) is 6.54 Å². The molecule has 0 amide bonds. The summed E-state index contributed by atoms with van der Waals surface area (Å²) in [5.41, 5.74) is 2.44. The Hall–Kier alpha value is -1.09. The zero-order chi connectivity index (χ0) is 13.5. The third kappa shape index (κ3) is 4.50. The molecule has 0 saturated heterocycles. The van der Waals surface area contributed by atoms with E-state index in [2.05, 4.69) is 36.3 Å². The van der Waals surface area contributed by atoms with E-state index in [-0.39, 0.29) is 0 Å². The molecule has 0 bridgehead atoms. The Kier molecular flexibility index (Phi) is 5.64. The highest BCUT2D eigenvalue weighted by atomic mass is 16.5. The number of hydrogen-bond donors (Lipinski definition) is 1. The molecule has 0 unspecified atom stereocenters. The summed E-state index contributed by atoms with van der Waals surface area (Å²) in [6.07, 6.45) is 7.50. The van der Waals surface area contributed by atoms with Gasteiger partial charge in [0, 0.05) is 18.3 Å². The van der Waals surface area contributed by atoms with Crippen molar-refractivity contribution in [3.63, 3.8) is 0 Å². The van der Waals surface area contributed by atoms with Crippen molar-refractivity contribution >= 4 is 0 Å². The fourth-order valence-electron chi connectivity index (χ4n) is 2.61. The summed E-state index contributed by atoms with van der Waals surface area (Å²) in [6, 6.07) is 4.30. The Balaban J connectivity index is 2.07. The van der Waals surface area contributed by atoms with E-state index in [4.69, 9.17) is 4.74 Å². The number of pyridine rings is 1. The van der Waals surface area contributed by atoms with E-state index >= 15 is 0 Å². The molecule has 19 heavy (non-hydrogen) atoms. The van der Waals surface area contributed by atoms with Gasteiger partial charge in [-0.3, -0.25) is 0 Å². The third-order valence-electron chi connectivity index (χ3n) is 3.59. The van der Waals surface area contributed by atoms with Crippen molar-refractivity contribution in [1.29, 1.82) is 0 Å². The Morgan fingerprint density at radius 2 is 2.05 bits per heavy atom. The minimum Gasteiger partial charge on any atom is -0.474 e. The number of aryl methyl sites for hydroxylation is 1. The van der Waals surface area contributed by atoms with Crippen LogP contribution < -0.4 is 10.1 Å². The molecule has 1 aliphatic rings. The van der Waals surface area contributed by atoms with Crippen LogP contribution in [0.3, 0.4) is 0 Å². The molecular formula is C16H26N2O. The van der Waals surface area contributed by atoms with Gasteiger partial charge in [0.05, 0.1) is 0 Å². The van der Waals surface area contributed by atoms with Crippen LogP contribution in [0.5, 0.6) is 5.88 Å². The summed E-state index contributed by atoms with van der Waals surface area (Å²) in [4.78, 5) is 4.64. The standard InChI is InChI=1S/C16H26N2O/c1-3-7-14-10-13(12-17-4-2)11-16(18-14)19-15-8-5-6-9-15/h10-11,15,17H,3-9,12H2,1-2H3. The Morgan fingerprint density at radius 3 is 2.74 bits per heavy atom. The number of nitrogens with one attached hydrogen (secondary N) is 1. The molecule has 3 nitrogen and oxygen atoms in total. The molecule has 0 radical (unpaired) electrons. The van der Waals surface area contributed by atoms with Crippen LogP contribution in [0.15, 0.2) is 12.1 Å². The lowest BCUT2D eigenvalue weighted by atomic mass is 10.1. The molecule has 0 spiro atoms. The summed E-state index contributed by atoms with van der Waals surface area (Å²) < 4.78 is 6.04. The van der Waals surface area contributed by atoms with Crippen molar-refractivity contribution in [2.24, 2.45) is 0 Å². The molecule has 1 heterocycles. The molecule has 1 saturated carbocycles. The van der Waals surface area contributed by atoms with Gasteiger partial charge in [-0.2, -0.15) is 0 Å². The van der Waals surface area contributed by atoms with Gasteiger partial charge in [-0.15, -0.1) is 0 Å². The van der Waals surface area contributed by atoms with E-state index in [1.54, 1.807) is 0 Å². The molecule has 1 N–H and O–H groups in total. The molecule has 2 rings (SSSR count). The number of hydrogen-bond acceptors (Lipinski definition) is 3. The molecular weight excluding hydrogens is 236 g/mol. The maximum atomic E-state index is 6.04. The molecule has 1 aromatic heterocycles. The first kappa shape index (κ1) is 14.3. The molecule has 0 atom stereocenters. The van der Waals surface area contributed by atoms with Gasteiger partial charge in [0.2, 0.25) is 5.88 Å². The average Bonchev–Trinajstić information content (AvgIpc) is 2.89. The fourth-order valence-corrected chi connectivity index (χ4v) is 2.61. The molecule has 3 heteroatoms. The SMILES string of the molecule is CCCc1cc(CNCC)cc(OC2CCCC2)n1. The van der Waals surface area contributed by atoms with Crippen LogP contribution in [0, 0.1) is 0 Å². The van der Waals surface area contributed by atoms with Crippen molar-refractivity contribution < 1.29 is 4.74 Å². The fraction of sp³-hybridized carbons (Fsp3) is 0.688. The number of aromatic nitrogens is 1. The van der Waals surface area contributed by atoms with Gasteiger partial charge >= 0.3 is 0 Å². The maximum Gasteiger partial charge on any atom is 0.214 e. The van der Waals surface area contributed by atoms with E-state index in [1.165, 1.54) is 31.2 Å². The van der Waals surface area contributed by atoms with E-state index in [0.29, 0.717) is 6.10 Å². The topological polar surface area (TPSA) is 34.1 Å².